The third-order valence-electron chi connectivity index (χ3n) is 1.57. The van der Waals surface area contributed by atoms with Crippen molar-refractivity contribution >= 4 is 6.29 Å². The molecule has 0 fully saturated rings. The van der Waals surface area contributed by atoms with Crippen LogP contribution in [0.4, 0.5) is 0 Å². The molecular weight excluding hydrogens is 166 g/mol. The molecule has 0 aliphatic rings. The largest absolute Gasteiger partial charge is 0.445 e. The highest BCUT2D eigenvalue weighted by molar-refractivity contribution is 5.52. The SMILES string of the molecule is CC(C)(C)Cc1ncc(CC=O)o1. The molecule has 1 aromatic rings. The van der Waals surface area contributed by atoms with E-state index >= 15 is 0 Å². The van der Waals surface area contributed by atoms with Gasteiger partial charge in [0, 0.05) is 6.42 Å². The van der Waals surface area contributed by atoms with Crippen LogP contribution in [0.25, 0.3) is 0 Å². The smallest absolute Gasteiger partial charge is 0.194 e. The second-order valence-electron chi connectivity index (χ2n) is 4.33. The molecule has 1 aromatic heterocycles. The first-order valence-corrected chi connectivity index (χ1v) is 4.38. The van der Waals surface area contributed by atoms with Gasteiger partial charge in [-0.3, -0.25) is 0 Å². The van der Waals surface area contributed by atoms with Crippen molar-refractivity contribution in [2.24, 2.45) is 5.41 Å². The van der Waals surface area contributed by atoms with Gasteiger partial charge in [-0.15, -0.1) is 0 Å². The number of nitrogens with zero attached hydrogens (tertiary/aromatic N) is 1. The first kappa shape index (κ1) is 9.96. The van der Waals surface area contributed by atoms with Gasteiger partial charge in [0.25, 0.3) is 0 Å². The molecule has 0 aliphatic heterocycles. The zero-order chi connectivity index (χ0) is 9.90. The molecule has 0 N–H and O–H groups in total. The zero-order valence-corrected chi connectivity index (χ0v) is 8.33. The number of oxazole rings is 1. The molecule has 0 bridgehead atoms. The molecule has 0 spiro atoms. The Balaban J connectivity index is 2.63. The summed E-state index contributed by atoms with van der Waals surface area (Å²) in [6, 6.07) is 0. The van der Waals surface area contributed by atoms with Crippen LogP contribution in [-0.2, 0) is 17.6 Å². The van der Waals surface area contributed by atoms with Gasteiger partial charge in [0.05, 0.1) is 12.6 Å². The van der Waals surface area contributed by atoms with Crippen molar-refractivity contribution in [1.82, 2.24) is 4.98 Å². The van der Waals surface area contributed by atoms with Crippen molar-refractivity contribution < 1.29 is 9.21 Å². The summed E-state index contributed by atoms with van der Waals surface area (Å²) in [5, 5.41) is 0. The van der Waals surface area contributed by atoms with E-state index in [1.165, 1.54) is 0 Å². The minimum Gasteiger partial charge on any atom is -0.445 e. The highest BCUT2D eigenvalue weighted by Gasteiger charge is 2.15. The van der Waals surface area contributed by atoms with Gasteiger partial charge in [0.15, 0.2) is 5.89 Å². The zero-order valence-electron chi connectivity index (χ0n) is 8.33. The number of aromatic nitrogens is 1. The lowest BCUT2D eigenvalue weighted by atomic mass is 9.92. The van der Waals surface area contributed by atoms with Crippen LogP contribution in [0.3, 0.4) is 0 Å². The number of hydrogen-bond acceptors (Lipinski definition) is 3. The molecule has 0 unspecified atom stereocenters. The molecule has 3 heteroatoms. The fraction of sp³-hybridized carbons (Fsp3) is 0.600. The van der Waals surface area contributed by atoms with E-state index in [1.807, 2.05) is 0 Å². The van der Waals surface area contributed by atoms with Gasteiger partial charge in [0.1, 0.15) is 12.0 Å². The molecule has 1 heterocycles. The van der Waals surface area contributed by atoms with Crippen LogP contribution in [-0.4, -0.2) is 11.3 Å². The normalized spacial score (nSPS) is 11.6. The fourth-order valence-corrected chi connectivity index (χ4v) is 1.06. The Kier molecular flexibility index (Phi) is 2.86. The van der Waals surface area contributed by atoms with E-state index < -0.39 is 0 Å². The van der Waals surface area contributed by atoms with Crippen LogP contribution in [0.5, 0.6) is 0 Å². The van der Waals surface area contributed by atoms with E-state index in [9.17, 15) is 4.79 Å². The van der Waals surface area contributed by atoms with Gasteiger partial charge < -0.3 is 9.21 Å². The summed E-state index contributed by atoms with van der Waals surface area (Å²) in [5.41, 5.74) is 0.170. The van der Waals surface area contributed by atoms with Crippen molar-refractivity contribution in [3.05, 3.63) is 17.8 Å². The maximum Gasteiger partial charge on any atom is 0.194 e. The van der Waals surface area contributed by atoms with E-state index in [0.717, 1.165) is 12.7 Å². The molecule has 3 nitrogen and oxygen atoms in total. The van der Waals surface area contributed by atoms with Crippen LogP contribution in [0.1, 0.15) is 32.4 Å². The van der Waals surface area contributed by atoms with Crippen LogP contribution in [0.15, 0.2) is 10.6 Å². The maximum atomic E-state index is 10.2. The maximum absolute atomic E-state index is 10.2. The molecule has 0 saturated heterocycles. The third kappa shape index (κ3) is 3.40. The average Bonchev–Trinajstić information content (AvgIpc) is 2.33. The second kappa shape index (κ2) is 3.73. The van der Waals surface area contributed by atoms with Crippen molar-refractivity contribution in [1.29, 1.82) is 0 Å². The van der Waals surface area contributed by atoms with E-state index in [4.69, 9.17) is 4.42 Å². The topological polar surface area (TPSA) is 43.1 Å². The van der Waals surface area contributed by atoms with Gasteiger partial charge in [-0.25, -0.2) is 4.98 Å². The van der Waals surface area contributed by atoms with Gasteiger partial charge >= 0.3 is 0 Å². The number of hydrogen-bond donors (Lipinski definition) is 0. The molecule has 0 radical (unpaired) electrons. The van der Waals surface area contributed by atoms with Crippen LogP contribution >= 0.6 is 0 Å². The van der Waals surface area contributed by atoms with Gasteiger partial charge in [0.2, 0.25) is 0 Å². The van der Waals surface area contributed by atoms with E-state index in [2.05, 4.69) is 25.8 Å². The lowest BCUT2D eigenvalue weighted by Gasteiger charge is -2.14. The Bertz CT molecular complexity index is 283. The first-order chi connectivity index (χ1) is 6.01. The van der Waals surface area contributed by atoms with Crippen molar-refractivity contribution in [3.8, 4) is 0 Å². The van der Waals surface area contributed by atoms with Gasteiger partial charge in [-0.2, -0.15) is 0 Å². The summed E-state index contributed by atoms with van der Waals surface area (Å²) < 4.78 is 5.36. The minimum atomic E-state index is 0.170. The van der Waals surface area contributed by atoms with Crippen LogP contribution in [0, 0.1) is 5.41 Å². The van der Waals surface area contributed by atoms with Crippen molar-refractivity contribution in [3.63, 3.8) is 0 Å². The summed E-state index contributed by atoms with van der Waals surface area (Å²) in [7, 11) is 0. The summed E-state index contributed by atoms with van der Waals surface area (Å²) in [5.74, 6) is 1.36. The minimum absolute atomic E-state index is 0.170. The number of carbonyl (C=O) groups excluding carboxylic acids is 1. The highest BCUT2D eigenvalue weighted by atomic mass is 16.4. The Morgan fingerprint density at radius 2 is 2.23 bits per heavy atom. The lowest BCUT2D eigenvalue weighted by Crippen LogP contribution is -2.09. The summed E-state index contributed by atoms with van der Waals surface area (Å²) in [4.78, 5) is 14.3. The molecule has 0 aromatic carbocycles. The molecular formula is C10H15NO2. The molecule has 0 saturated carbocycles. The second-order valence-corrected chi connectivity index (χ2v) is 4.33. The Morgan fingerprint density at radius 3 is 2.77 bits per heavy atom. The van der Waals surface area contributed by atoms with Gasteiger partial charge in [-0.1, -0.05) is 20.8 Å². The Labute approximate surface area is 78.2 Å². The lowest BCUT2D eigenvalue weighted by molar-refractivity contribution is -0.107. The van der Waals surface area contributed by atoms with Crippen molar-refractivity contribution in [2.75, 3.05) is 0 Å². The first-order valence-electron chi connectivity index (χ1n) is 4.38. The molecule has 0 amide bonds. The summed E-state index contributed by atoms with van der Waals surface area (Å²) >= 11 is 0. The molecule has 72 valence electrons. The van der Waals surface area contributed by atoms with E-state index in [1.54, 1.807) is 6.20 Å². The van der Waals surface area contributed by atoms with Crippen molar-refractivity contribution in [2.45, 2.75) is 33.6 Å². The molecule has 1 rings (SSSR count). The predicted octanol–water partition coefficient (Wildman–Crippen LogP) is 2.00. The molecule has 0 aliphatic carbocycles. The predicted molar refractivity (Wildman–Crippen MR) is 49.4 cm³/mol. The quantitative estimate of drug-likeness (QED) is 0.670. The monoisotopic (exact) mass is 181 g/mol. The van der Waals surface area contributed by atoms with Crippen LogP contribution in [0.2, 0.25) is 0 Å². The number of aldehydes is 1. The Hall–Kier alpha value is -1.12. The molecule has 13 heavy (non-hydrogen) atoms. The van der Waals surface area contributed by atoms with Gasteiger partial charge in [-0.05, 0) is 5.41 Å². The van der Waals surface area contributed by atoms with E-state index in [0.29, 0.717) is 18.1 Å². The number of rotatable bonds is 3. The third-order valence-corrected chi connectivity index (χ3v) is 1.57. The standard InChI is InChI=1S/C10H15NO2/c1-10(2,3)6-9-11-7-8(13-9)4-5-12/h5,7H,4,6H2,1-3H3. The number of carbonyl (C=O) groups is 1. The summed E-state index contributed by atoms with van der Waals surface area (Å²) in [6.07, 6.45) is 3.56. The fourth-order valence-electron chi connectivity index (χ4n) is 1.06. The Morgan fingerprint density at radius 1 is 1.54 bits per heavy atom. The summed E-state index contributed by atoms with van der Waals surface area (Å²) in [6.45, 7) is 6.36. The highest BCUT2D eigenvalue weighted by Crippen LogP contribution is 2.20. The van der Waals surface area contributed by atoms with Crippen LogP contribution < -0.4 is 0 Å². The van der Waals surface area contributed by atoms with E-state index in [-0.39, 0.29) is 5.41 Å². The average molecular weight is 181 g/mol. The molecule has 0 atom stereocenters.